The van der Waals surface area contributed by atoms with Crippen molar-refractivity contribution in [3.05, 3.63) is 48.6 Å². The molecule has 0 bridgehead atoms. The summed E-state index contributed by atoms with van der Waals surface area (Å²) in [4.78, 5) is 0. The molecule has 0 aliphatic carbocycles. The van der Waals surface area contributed by atoms with Gasteiger partial charge < -0.3 is 26.4 Å². The smallest absolute Gasteiger partial charge is 0.138 e. The van der Waals surface area contributed by atoms with Crippen LogP contribution in [0.15, 0.2) is 48.6 Å². The third-order valence-corrected chi connectivity index (χ3v) is 9.12. The molecule has 0 amide bonds. The van der Waals surface area contributed by atoms with E-state index in [0.717, 1.165) is 43.6 Å². The Labute approximate surface area is 294 Å². The number of nitrogens with zero attached hydrogens (tertiary/aromatic N) is 1. The van der Waals surface area contributed by atoms with Gasteiger partial charge in [0.2, 0.25) is 0 Å². The fraction of sp³-hybridized carbons (Fsp3) is 0.810. The molecule has 3 nitrogen and oxygen atoms in total. The van der Waals surface area contributed by atoms with Crippen molar-refractivity contribution in [2.45, 2.75) is 180 Å². The highest BCUT2D eigenvalue weighted by Gasteiger charge is 2.41. The van der Waals surface area contributed by atoms with Crippen LogP contribution in [-0.4, -0.2) is 57.1 Å². The molecule has 1 saturated heterocycles. The number of likely N-dealkylation sites (N-methyl/N-ethyl adjacent to an activating group) is 1. The number of hydrogen-bond donors (Lipinski definition) is 0. The second-order valence-corrected chi connectivity index (χ2v) is 14.3. The van der Waals surface area contributed by atoms with Gasteiger partial charge in [0, 0.05) is 13.2 Å². The largest absolute Gasteiger partial charge is 1.00 e. The van der Waals surface area contributed by atoms with Crippen molar-refractivity contribution in [3.8, 4) is 0 Å². The van der Waals surface area contributed by atoms with Crippen LogP contribution in [0.25, 0.3) is 0 Å². The second-order valence-electron chi connectivity index (χ2n) is 14.3. The molecule has 2 atom stereocenters. The van der Waals surface area contributed by atoms with Crippen LogP contribution in [0.4, 0.5) is 0 Å². The van der Waals surface area contributed by atoms with Crippen molar-refractivity contribution in [3.63, 3.8) is 0 Å². The topological polar surface area (TPSA) is 18.5 Å². The van der Waals surface area contributed by atoms with E-state index in [1.807, 2.05) is 0 Å². The van der Waals surface area contributed by atoms with E-state index in [4.69, 9.17) is 9.47 Å². The Morgan fingerprint density at radius 2 is 0.739 bits per heavy atom. The average molecular weight is 665 g/mol. The number of halogens is 1. The minimum Gasteiger partial charge on any atom is -1.00 e. The third kappa shape index (κ3) is 29.3. The highest BCUT2D eigenvalue weighted by molar-refractivity contribution is 4.93. The molecule has 4 heteroatoms. The van der Waals surface area contributed by atoms with Gasteiger partial charge in [-0.15, -0.1) is 0 Å². The molecule has 270 valence electrons. The lowest BCUT2D eigenvalue weighted by Crippen LogP contribution is -3.00. The van der Waals surface area contributed by atoms with Gasteiger partial charge in [-0.1, -0.05) is 140 Å². The van der Waals surface area contributed by atoms with Gasteiger partial charge in [-0.3, -0.25) is 0 Å². The summed E-state index contributed by atoms with van der Waals surface area (Å²) < 4.78 is 13.8. The Kier molecular flexibility index (Phi) is 33.4. The maximum atomic E-state index is 6.39. The molecule has 46 heavy (non-hydrogen) atoms. The van der Waals surface area contributed by atoms with E-state index in [1.165, 1.54) is 141 Å². The van der Waals surface area contributed by atoms with Gasteiger partial charge in [0.15, 0.2) is 0 Å². The molecule has 0 aromatic heterocycles. The molecule has 0 spiro atoms. The molecule has 0 radical (unpaired) electrons. The number of ether oxygens (including phenoxy) is 2. The predicted octanol–water partition coefficient (Wildman–Crippen LogP) is 9.48. The fourth-order valence-electron chi connectivity index (χ4n) is 6.25. The summed E-state index contributed by atoms with van der Waals surface area (Å²) in [6.07, 6.45) is 50.3. The van der Waals surface area contributed by atoms with Crippen molar-refractivity contribution >= 4 is 0 Å². The summed E-state index contributed by atoms with van der Waals surface area (Å²) in [7, 11) is 4.64. The monoisotopic (exact) mass is 664 g/mol. The third-order valence-electron chi connectivity index (χ3n) is 9.12. The van der Waals surface area contributed by atoms with Crippen LogP contribution in [0.5, 0.6) is 0 Å². The zero-order valence-corrected chi connectivity index (χ0v) is 32.0. The summed E-state index contributed by atoms with van der Waals surface area (Å²) in [5, 5.41) is 0. The molecule has 0 N–H and O–H groups in total. The normalized spacial score (nSPS) is 18.2. The summed E-state index contributed by atoms with van der Waals surface area (Å²) in [6, 6.07) is 0. The van der Waals surface area contributed by atoms with E-state index >= 15 is 0 Å². The van der Waals surface area contributed by atoms with Crippen LogP contribution in [0.2, 0.25) is 0 Å². The fourth-order valence-corrected chi connectivity index (χ4v) is 6.25. The maximum absolute atomic E-state index is 6.39. The van der Waals surface area contributed by atoms with Gasteiger partial charge in [0.1, 0.15) is 25.3 Å². The van der Waals surface area contributed by atoms with E-state index in [-0.39, 0.29) is 24.6 Å². The quantitative estimate of drug-likeness (QED) is 0.0406. The summed E-state index contributed by atoms with van der Waals surface area (Å²) in [6.45, 7) is 8.48. The molecular formula is C42H78ClNO2. The van der Waals surface area contributed by atoms with E-state index < -0.39 is 0 Å². The van der Waals surface area contributed by atoms with Gasteiger partial charge in [-0.2, -0.15) is 0 Å². The Balaban J connectivity index is 0.0000202. The summed E-state index contributed by atoms with van der Waals surface area (Å²) in [5.41, 5.74) is 0. The first kappa shape index (κ1) is 45.1. The van der Waals surface area contributed by atoms with Crippen molar-refractivity contribution in [2.75, 3.05) is 40.4 Å². The molecular weight excluding hydrogens is 586 g/mol. The molecule has 2 unspecified atom stereocenters. The summed E-state index contributed by atoms with van der Waals surface area (Å²) in [5.74, 6) is 0. The molecule has 1 aliphatic heterocycles. The van der Waals surface area contributed by atoms with E-state index in [0.29, 0.717) is 0 Å². The van der Waals surface area contributed by atoms with Gasteiger partial charge in [-0.05, 0) is 77.0 Å². The van der Waals surface area contributed by atoms with Crippen molar-refractivity contribution in [2.24, 2.45) is 0 Å². The Bertz CT molecular complexity index is 684. The number of rotatable bonds is 32. The van der Waals surface area contributed by atoms with E-state index in [9.17, 15) is 0 Å². The number of likely N-dealkylation sites (tertiary alicyclic amines) is 1. The van der Waals surface area contributed by atoms with Crippen LogP contribution in [0, 0.1) is 0 Å². The number of unbranched alkanes of at least 4 members (excludes halogenated alkanes) is 18. The molecule has 1 aliphatic rings. The lowest BCUT2D eigenvalue weighted by Gasteiger charge is -2.22. The minimum absolute atomic E-state index is 0. The number of hydrogen-bond acceptors (Lipinski definition) is 2. The van der Waals surface area contributed by atoms with Crippen LogP contribution in [0.3, 0.4) is 0 Å². The molecule has 0 aromatic carbocycles. The first-order chi connectivity index (χ1) is 22.1. The molecule has 1 fully saturated rings. The van der Waals surface area contributed by atoms with Crippen molar-refractivity contribution < 1.29 is 26.4 Å². The highest BCUT2D eigenvalue weighted by Crippen LogP contribution is 2.22. The zero-order chi connectivity index (χ0) is 32.5. The SMILES string of the molecule is CCCCC/C=C\C/C=C\CCCCCCCCOC1C[N+](C)(C)CC1OCCCCCCCC/C=C\C/C=C\CCCCC.[Cl-]. The van der Waals surface area contributed by atoms with Crippen LogP contribution in [0.1, 0.15) is 168 Å². The standard InChI is InChI=1S/C42H78NO2.ClH/c1-5-7-9-11-13-15-17-19-21-23-25-27-29-31-33-35-37-44-41-39-43(3,4)40-42(41)45-38-36-34-32-30-28-26-24-22-20-18-16-14-12-10-8-6-2;/h13-16,19-22,41-42H,5-12,17-18,23-40H2,1-4H3;1H/q+1;/p-1/b15-13-,16-14-,21-19-,22-20-;. The Morgan fingerprint density at radius 3 is 1.09 bits per heavy atom. The van der Waals surface area contributed by atoms with Gasteiger partial charge in [0.25, 0.3) is 0 Å². The maximum Gasteiger partial charge on any atom is 0.138 e. The minimum atomic E-state index is 0. The van der Waals surface area contributed by atoms with E-state index in [2.05, 4.69) is 76.6 Å². The molecule has 1 heterocycles. The highest BCUT2D eigenvalue weighted by atomic mass is 35.5. The first-order valence-electron chi connectivity index (χ1n) is 19.7. The zero-order valence-electron chi connectivity index (χ0n) is 31.2. The lowest BCUT2D eigenvalue weighted by molar-refractivity contribution is -0.880. The Morgan fingerprint density at radius 1 is 0.435 bits per heavy atom. The first-order valence-corrected chi connectivity index (χ1v) is 19.7. The average Bonchev–Trinajstić information content (AvgIpc) is 3.32. The number of allylic oxidation sites excluding steroid dienone is 8. The predicted molar refractivity (Wildman–Crippen MR) is 200 cm³/mol. The Hall–Kier alpha value is -0.870. The molecule has 1 rings (SSSR count). The summed E-state index contributed by atoms with van der Waals surface area (Å²) >= 11 is 0. The van der Waals surface area contributed by atoms with E-state index in [1.54, 1.807) is 0 Å². The number of quaternary nitrogens is 1. The lowest BCUT2D eigenvalue weighted by atomic mass is 10.1. The molecule has 0 aromatic rings. The second kappa shape index (κ2) is 34.0. The van der Waals surface area contributed by atoms with Crippen LogP contribution < -0.4 is 12.4 Å². The van der Waals surface area contributed by atoms with Crippen molar-refractivity contribution in [1.29, 1.82) is 0 Å². The van der Waals surface area contributed by atoms with Crippen LogP contribution in [-0.2, 0) is 9.47 Å². The van der Waals surface area contributed by atoms with Gasteiger partial charge in [0.05, 0.1) is 14.1 Å². The van der Waals surface area contributed by atoms with Gasteiger partial charge in [-0.25, -0.2) is 0 Å². The van der Waals surface area contributed by atoms with Gasteiger partial charge >= 0.3 is 0 Å². The van der Waals surface area contributed by atoms with Crippen LogP contribution >= 0.6 is 0 Å². The van der Waals surface area contributed by atoms with Crippen molar-refractivity contribution in [1.82, 2.24) is 0 Å². The molecule has 0 saturated carbocycles.